The van der Waals surface area contributed by atoms with Crippen LogP contribution in [0.25, 0.3) is 11.0 Å². The van der Waals surface area contributed by atoms with Gasteiger partial charge >= 0.3 is 0 Å². The van der Waals surface area contributed by atoms with Crippen LogP contribution in [0.4, 0.5) is 0 Å². The highest BCUT2D eigenvalue weighted by atomic mass is 35.5. The highest BCUT2D eigenvalue weighted by molar-refractivity contribution is 6.33. The Labute approximate surface area is 199 Å². The van der Waals surface area contributed by atoms with Crippen LogP contribution < -0.4 is 10.1 Å². The molecule has 1 heterocycles. The number of imidazole rings is 1. The Morgan fingerprint density at radius 3 is 2.52 bits per heavy atom. The lowest BCUT2D eigenvalue weighted by molar-refractivity contribution is 0.0953. The molecule has 0 spiro atoms. The van der Waals surface area contributed by atoms with Crippen LogP contribution in [0.15, 0.2) is 72.8 Å². The molecule has 33 heavy (non-hydrogen) atoms. The van der Waals surface area contributed by atoms with Gasteiger partial charge in [0.05, 0.1) is 28.7 Å². The number of nitrogens with one attached hydrogen (secondary N) is 1. The second-order valence-electron chi connectivity index (χ2n) is 8.00. The fraction of sp³-hybridized carbons (Fsp3) is 0.259. The Bertz CT molecular complexity index is 1220. The Kier molecular flexibility index (Phi) is 7.63. The van der Waals surface area contributed by atoms with E-state index in [2.05, 4.69) is 40.2 Å². The lowest BCUT2D eigenvalue weighted by Crippen LogP contribution is -2.24. The van der Waals surface area contributed by atoms with Crippen molar-refractivity contribution in [2.45, 2.75) is 32.2 Å². The number of amides is 1. The first-order valence-electron chi connectivity index (χ1n) is 11.3. The van der Waals surface area contributed by atoms with Gasteiger partial charge in [-0.05, 0) is 54.8 Å². The number of halogens is 1. The van der Waals surface area contributed by atoms with Gasteiger partial charge in [0.1, 0.15) is 11.6 Å². The highest BCUT2D eigenvalue weighted by Gasteiger charge is 2.12. The number of benzene rings is 3. The van der Waals surface area contributed by atoms with E-state index in [4.69, 9.17) is 21.3 Å². The van der Waals surface area contributed by atoms with E-state index >= 15 is 0 Å². The van der Waals surface area contributed by atoms with Gasteiger partial charge in [0.25, 0.3) is 5.91 Å². The van der Waals surface area contributed by atoms with Crippen LogP contribution >= 0.6 is 11.6 Å². The van der Waals surface area contributed by atoms with E-state index < -0.39 is 0 Å². The summed E-state index contributed by atoms with van der Waals surface area (Å²) in [4.78, 5) is 17.2. The molecule has 0 saturated carbocycles. The number of aryl methyl sites for hydroxylation is 1. The zero-order valence-corrected chi connectivity index (χ0v) is 19.5. The van der Waals surface area contributed by atoms with Gasteiger partial charge in [-0.1, -0.05) is 54.4 Å². The number of aromatic nitrogens is 2. The standard InChI is InChI=1S/C27H28ClN3O2/c1-33-21-16-14-20(15-17-21)19-31-25-12-7-6-11-24(25)30-26(31)13-3-2-8-18-29-27(32)22-9-4-5-10-23(22)28/h4-7,9-12,14-17H,2-3,8,13,18-19H2,1H3,(H,29,32). The van der Waals surface area contributed by atoms with Crippen LogP contribution in [-0.4, -0.2) is 29.1 Å². The molecule has 6 heteroatoms. The molecule has 5 nitrogen and oxygen atoms in total. The first-order valence-corrected chi connectivity index (χ1v) is 11.6. The molecule has 170 valence electrons. The minimum absolute atomic E-state index is 0.123. The molecule has 4 aromatic rings. The van der Waals surface area contributed by atoms with Crippen LogP contribution in [0.1, 0.15) is 41.0 Å². The molecule has 1 aromatic heterocycles. The summed E-state index contributed by atoms with van der Waals surface area (Å²) in [6.45, 7) is 1.40. The maximum atomic E-state index is 12.3. The topological polar surface area (TPSA) is 56.1 Å². The van der Waals surface area contributed by atoms with Crippen LogP contribution in [0.5, 0.6) is 5.75 Å². The third kappa shape index (κ3) is 5.74. The Morgan fingerprint density at radius 2 is 1.73 bits per heavy atom. The van der Waals surface area contributed by atoms with E-state index in [1.54, 1.807) is 19.2 Å². The number of carbonyl (C=O) groups is 1. The molecule has 0 bridgehead atoms. The molecule has 0 aliphatic heterocycles. The summed E-state index contributed by atoms with van der Waals surface area (Å²) in [5.74, 6) is 1.82. The third-order valence-corrected chi connectivity index (χ3v) is 6.04. The lowest BCUT2D eigenvalue weighted by atomic mass is 10.1. The van der Waals surface area contributed by atoms with Gasteiger partial charge in [0.2, 0.25) is 0 Å². The number of hydrogen-bond acceptors (Lipinski definition) is 3. The summed E-state index contributed by atoms with van der Waals surface area (Å²) in [5.41, 5.74) is 3.90. The van der Waals surface area contributed by atoms with Crippen LogP contribution in [-0.2, 0) is 13.0 Å². The Morgan fingerprint density at radius 1 is 0.970 bits per heavy atom. The minimum Gasteiger partial charge on any atom is -0.497 e. The second-order valence-corrected chi connectivity index (χ2v) is 8.40. The summed E-state index contributed by atoms with van der Waals surface area (Å²) in [7, 11) is 1.68. The van der Waals surface area contributed by atoms with Crippen LogP contribution in [0.3, 0.4) is 0 Å². The monoisotopic (exact) mass is 461 g/mol. The number of fused-ring (bicyclic) bond motifs is 1. The predicted molar refractivity (Wildman–Crippen MR) is 133 cm³/mol. The van der Waals surface area contributed by atoms with Crippen molar-refractivity contribution >= 4 is 28.5 Å². The van der Waals surface area contributed by atoms with Gasteiger partial charge < -0.3 is 14.6 Å². The Balaban J connectivity index is 1.33. The summed E-state index contributed by atoms with van der Waals surface area (Å²) in [6.07, 6.45) is 3.82. The molecule has 0 atom stereocenters. The number of carbonyl (C=O) groups excluding carboxylic acids is 1. The minimum atomic E-state index is -0.123. The summed E-state index contributed by atoms with van der Waals surface area (Å²) >= 11 is 6.09. The van der Waals surface area contributed by atoms with Crippen LogP contribution in [0.2, 0.25) is 5.02 Å². The zero-order valence-electron chi connectivity index (χ0n) is 18.8. The van der Waals surface area contributed by atoms with E-state index in [0.717, 1.165) is 54.8 Å². The summed E-state index contributed by atoms with van der Waals surface area (Å²) in [5, 5.41) is 3.44. The molecule has 0 saturated heterocycles. The molecule has 0 aliphatic carbocycles. The van der Waals surface area contributed by atoms with E-state index in [1.807, 2.05) is 30.3 Å². The number of rotatable bonds is 10. The smallest absolute Gasteiger partial charge is 0.252 e. The second kappa shape index (κ2) is 11.0. The Hall–Kier alpha value is -3.31. The average Bonchev–Trinajstić information content (AvgIpc) is 3.19. The van der Waals surface area contributed by atoms with Gasteiger partial charge in [-0.3, -0.25) is 4.79 Å². The lowest BCUT2D eigenvalue weighted by Gasteiger charge is -2.10. The van der Waals surface area contributed by atoms with Crippen molar-refractivity contribution in [1.29, 1.82) is 0 Å². The van der Waals surface area contributed by atoms with E-state index in [9.17, 15) is 4.79 Å². The van der Waals surface area contributed by atoms with Gasteiger partial charge in [0.15, 0.2) is 0 Å². The van der Waals surface area contributed by atoms with Crippen molar-refractivity contribution in [2.24, 2.45) is 0 Å². The normalized spacial score (nSPS) is 11.0. The maximum Gasteiger partial charge on any atom is 0.252 e. The zero-order chi connectivity index (χ0) is 23.0. The van der Waals surface area contributed by atoms with Crippen molar-refractivity contribution < 1.29 is 9.53 Å². The first-order chi connectivity index (χ1) is 16.2. The SMILES string of the molecule is COc1ccc(Cn2c(CCCCCNC(=O)c3ccccc3Cl)nc3ccccc32)cc1. The quantitative estimate of drug-likeness (QED) is 0.299. The third-order valence-electron chi connectivity index (χ3n) is 5.71. The molecular weight excluding hydrogens is 434 g/mol. The molecule has 1 N–H and O–H groups in total. The fourth-order valence-corrected chi connectivity index (χ4v) is 4.16. The van der Waals surface area contributed by atoms with Crippen LogP contribution in [0, 0.1) is 0 Å². The molecule has 4 rings (SSSR count). The van der Waals surface area contributed by atoms with Gasteiger partial charge in [-0.2, -0.15) is 0 Å². The maximum absolute atomic E-state index is 12.3. The number of para-hydroxylation sites is 2. The van der Waals surface area contributed by atoms with Crippen molar-refractivity contribution in [3.8, 4) is 5.75 Å². The van der Waals surface area contributed by atoms with E-state index in [-0.39, 0.29) is 5.91 Å². The fourth-order valence-electron chi connectivity index (χ4n) is 3.93. The number of nitrogens with zero attached hydrogens (tertiary/aromatic N) is 2. The van der Waals surface area contributed by atoms with Gasteiger partial charge in [-0.25, -0.2) is 4.98 Å². The van der Waals surface area contributed by atoms with Gasteiger partial charge in [-0.15, -0.1) is 0 Å². The largest absolute Gasteiger partial charge is 0.497 e. The van der Waals surface area contributed by atoms with E-state index in [0.29, 0.717) is 17.1 Å². The summed E-state index contributed by atoms with van der Waals surface area (Å²) < 4.78 is 7.58. The van der Waals surface area contributed by atoms with Crippen molar-refractivity contribution in [3.05, 3.63) is 94.8 Å². The molecule has 0 unspecified atom stereocenters. The first kappa shape index (κ1) is 22.9. The highest BCUT2D eigenvalue weighted by Crippen LogP contribution is 2.21. The molecule has 1 amide bonds. The molecule has 0 aliphatic rings. The number of unbranched alkanes of at least 4 members (excludes halogenated alkanes) is 2. The summed E-state index contributed by atoms with van der Waals surface area (Å²) in [6, 6.07) is 23.6. The number of methoxy groups -OCH3 is 1. The number of hydrogen-bond donors (Lipinski definition) is 1. The van der Waals surface area contributed by atoms with Crippen molar-refractivity contribution in [3.63, 3.8) is 0 Å². The van der Waals surface area contributed by atoms with Crippen molar-refractivity contribution in [1.82, 2.24) is 14.9 Å². The molecule has 0 fully saturated rings. The van der Waals surface area contributed by atoms with Crippen molar-refractivity contribution in [2.75, 3.05) is 13.7 Å². The number of ether oxygens (including phenoxy) is 1. The molecular formula is C27H28ClN3O2. The molecule has 3 aromatic carbocycles. The van der Waals surface area contributed by atoms with E-state index in [1.165, 1.54) is 5.56 Å². The molecule has 0 radical (unpaired) electrons. The predicted octanol–water partition coefficient (Wildman–Crippen LogP) is 5.89. The van der Waals surface area contributed by atoms with Gasteiger partial charge in [0, 0.05) is 19.5 Å². The average molecular weight is 462 g/mol.